The smallest absolute Gasteiger partial charge is 0.331 e. The van der Waals surface area contributed by atoms with Crippen LogP contribution in [0, 0.1) is 10.1 Å². The molecule has 5 nitrogen and oxygen atoms in total. The lowest BCUT2D eigenvalue weighted by molar-refractivity contribution is -0.384. The molecule has 0 spiro atoms. The Labute approximate surface area is 147 Å². The van der Waals surface area contributed by atoms with Crippen molar-refractivity contribution in [1.29, 1.82) is 0 Å². The maximum Gasteiger partial charge on any atom is 0.331 e. The number of hydrogen-bond acceptors (Lipinski definition) is 4. The number of ether oxygens (including phenoxy) is 1. The molecular formula is C20H21NO4. The zero-order valence-electron chi connectivity index (χ0n) is 14.6. The van der Waals surface area contributed by atoms with Crippen LogP contribution in [0.15, 0.2) is 54.6 Å². The van der Waals surface area contributed by atoms with Gasteiger partial charge in [-0.05, 0) is 28.2 Å². The highest BCUT2D eigenvalue weighted by Gasteiger charge is 2.12. The van der Waals surface area contributed by atoms with Crippen LogP contribution in [0.2, 0.25) is 0 Å². The molecule has 0 bridgehead atoms. The van der Waals surface area contributed by atoms with Gasteiger partial charge < -0.3 is 4.74 Å². The lowest BCUT2D eigenvalue weighted by atomic mass is 9.87. The van der Waals surface area contributed by atoms with Gasteiger partial charge in [-0.15, -0.1) is 0 Å². The Morgan fingerprint density at radius 1 is 1.16 bits per heavy atom. The summed E-state index contributed by atoms with van der Waals surface area (Å²) in [6.07, 6.45) is 2.76. The van der Waals surface area contributed by atoms with Gasteiger partial charge in [0.15, 0.2) is 0 Å². The normalized spacial score (nSPS) is 11.5. The molecule has 0 saturated carbocycles. The quantitative estimate of drug-likeness (QED) is 0.344. The van der Waals surface area contributed by atoms with Crippen molar-refractivity contribution < 1.29 is 14.5 Å². The minimum atomic E-state index is -0.494. The first kappa shape index (κ1) is 18.4. The van der Waals surface area contributed by atoms with Gasteiger partial charge in [0.1, 0.15) is 6.61 Å². The molecule has 0 radical (unpaired) electrons. The van der Waals surface area contributed by atoms with Crippen molar-refractivity contribution >= 4 is 17.7 Å². The number of nitro groups is 1. The summed E-state index contributed by atoms with van der Waals surface area (Å²) in [5, 5.41) is 10.7. The van der Waals surface area contributed by atoms with Gasteiger partial charge in [0.2, 0.25) is 0 Å². The summed E-state index contributed by atoms with van der Waals surface area (Å²) in [5.74, 6) is -0.494. The van der Waals surface area contributed by atoms with Crippen LogP contribution in [0.5, 0.6) is 0 Å². The van der Waals surface area contributed by atoms with Crippen LogP contribution in [0.1, 0.15) is 37.5 Å². The van der Waals surface area contributed by atoms with Crippen molar-refractivity contribution in [3.63, 3.8) is 0 Å². The topological polar surface area (TPSA) is 69.4 Å². The van der Waals surface area contributed by atoms with Crippen molar-refractivity contribution in [2.75, 3.05) is 0 Å². The highest BCUT2D eigenvalue weighted by molar-refractivity contribution is 5.87. The maximum atomic E-state index is 11.8. The molecule has 25 heavy (non-hydrogen) atoms. The molecular weight excluding hydrogens is 318 g/mol. The molecule has 0 aliphatic rings. The first-order chi connectivity index (χ1) is 11.8. The van der Waals surface area contributed by atoms with E-state index in [1.54, 1.807) is 12.1 Å². The van der Waals surface area contributed by atoms with Crippen LogP contribution < -0.4 is 0 Å². The molecule has 2 aromatic rings. The van der Waals surface area contributed by atoms with Gasteiger partial charge in [-0.3, -0.25) is 10.1 Å². The van der Waals surface area contributed by atoms with Gasteiger partial charge >= 0.3 is 5.97 Å². The average molecular weight is 339 g/mol. The Kier molecular flexibility index (Phi) is 5.70. The summed E-state index contributed by atoms with van der Waals surface area (Å²) in [6.45, 7) is 6.60. The first-order valence-electron chi connectivity index (χ1n) is 7.94. The molecule has 2 aromatic carbocycles. The second-order valence-electron chi connectivity index (χ2n) is 6.74. The Balaban J connectivity index is 1.92. The zero-order valence-corrected chi connectivity index (χ0v) is 14.6. The van der Waals surface area contributed by atoms with E-state index in [1.165, 1.54) is 29.8 Å². The molecule has 0 amide bonds. The average Bonchev–Trinajstić information content (AvgIpc) is 2.58. The minimum absolute atomic E-state index is 0.0190. The monoisotopic (exact) mass is 339 g/mol. The predicted molar refractivity (Wildman–Crippen MR) is 97.1 cm³/mol. The fourth-order valence-corrected chi connectivity index (χ4v) is 2.21. The van der Waals surface area contributed by atoms with Crippen molar-refractivity contribution in [1.82, 2.24) is 0 Å². The maximum absolute atomic E-state index is 11.8. The number of non-ortho nitro benzene ring substituents is 1. The van der Waals surface area contributed by atoms with Crippen molar-refractivity contribution in [3.8, 4) is 0 Å². The first-order valence-corrected chi connectivity index (χ1v) is 7.94. The van der Waals surface area contributed by atoms with Crippen LogP contribution in [0.3, 0.4) is 0 Å². The van der Waals surface area contributed by atoms with Crippen molar-refractivity contribution in [3.05, 3.63) is 81.4 Å². The van der Waals surface area contributed by atoms with E-state index in [1.807, 2.05) is 24.3 Å². The van der Waals surface area contributed by atoms with E-state index < -0.39 is 10.9 Å². The lowest BCUT2D eigenvalue weighted by Gasteiger charge is -2.19. The van der Waals surface area contributed by atoms with Gasteiger partial charge in [-0.2, -0.15) is 0 Å². The van der Waals surface area contributed by atoms with E-state index in [0.29, 0.717) is 5.56 Å². The van der Waals surface area contributed by atoms with Crippen LogP contribution in [-0.4, -0.2) is 10.9 Å². The molecule has 5 heteroatoms. The molecule has 0 fully saturated rings. The Morgan fingerprint density at radius 3 is 2.44 bits per heavy atom. The standard InChI is InChI=1S/C20H21NO4/c1-20(2,3)17-10-7-16(8-11-17)14-25-19(22)12-9-15-5-4-6-18(13-15)21(23)24/h4-13H,14H2,1-3H3/b12-9+. The van der Waals surface area contributed by atoms with Crippen molar-refractivity contribution in [2.45, 2.75) is 32.8 Å². The summed E-state index contributed by atoms with van der Waals surface area (Å²) in [6, 6.07) is 14.0. The molecule has 0 heterocycles. The summed E-state index contributed by atoms with van der Waals surface area (Å²) in [4.78, 5) is 22.0. The van der Waals surface area contributed by atoms with Gasteiger partial charge in [-0.1, -0.05) is 57.2 Å². The highest BCUT2D eigenvalue weighted by Crippen LogP contribution is 2.22. The molecule has 0 aliphatic carbocycles. The van der Waals surface area contributed by atoms with Crippen molar-refractivity contribution in [2.24, 2.45) is 0 Å². The summed E-state index contributed by atoms with van der Waals surface area (Å²) in [7, 11) is 0. The third kappa shape index (κ3) is 5.57. The van der Waals surface area contributed by atoms with Gasteiger partial charge in [0, 0.05) is 18.2 Å². The van der Waals surface area contributed by atoms with Gasteiger partial charge in [0.25, 0.3) is 5.69 Å². The molecule has 2 rings (SSSR count). The highest BCUT2D eigenvalue weighted by atomic mass is 16.6. The molecule has 0 atom stereocenters. The molecule has 0 N–H and O–H groups in total. The molecule has 0 unspecified atom stereocenters. The van der Waals surface area contributed by atoms with E-state index >= 15 is 0 Å². The number of hydrogen-bond donors (Lipinski definition) is 0. The number of carbonyl (C=O) groups excluding carboxylic acids is 1. The third-order valence-electron chi connectivity index (χ3n) is 3.69. The lowest BCUT2D eigenvalue weighted by Crippen LogP contribution is -2.10. The minimum Gasteiger partial charge on any atom is -0.458 e. The Hall–Kier alpha value is -2.95. The number of nitrogens with zero attached hydrogens (tertiary/aromatic N) is 1. The Morgan fingerprint density at radius 2 is 1.84 bits per heavy atom. The van der Waals surface area contributed by atoms with E-state index in [2.05, 4.69) is 20.8 Å². The van der Waals surface area contributed by atoms with Crippen LogP contribution in [0.25, 0.3) is 6.08 Å². The number of rotatable bonds is 5. The van der Waals surface area contributed by atoms with Gasteiger partial charge in [0.05, 0.1) is 4.92 Å². The second-order valence-corrected chi connectivity index (χ2v) is 6.74. The molecule has 130 valence electrons. The van der Waals surface area contributed by atoms with E-state index in [-0.39, 0.29) is 17.7 Å². The fourth-order valence-electron chi connectivity index (χ4n) is 2.21. The van der Waals surface area contributed by atoms with Crippen LogP contribution in [0.4, 0.5) is 5.69 Å². The fraction of sp³-hybridized carbons (Fsp3) is 0.250. The van der Waals surface area contributed by atoms with Crippen LogP contribution >= 0.6 is 0 Å². The number of esters is 1. The second kappa shape index (κ2) is 7.75. The van der Waals surface area contributed by atoms with E-state index in [0.717, 1.165) is 5.56 Å². The third-order valence-corrected chi connectivity index (χ3v) is 3.69. The number of carbonyl (C=O) groups is 1. The molecule has 0 aliphatic heterocycles. The van der Waals surface area contributed by atoms with Gasteiger partial charge in [-0.25, -0.2) is 4.79 Å². The predicted octanol–water partition coefficient (Wildman–Crippen LogP) is 4.65. The van der Waals surface area contributed by atoms with E-state index in [4.69, 9.17) is 4.74 Å². The molecule has 0 saturated heterocycles. The summed E-state index contributed by atoms with van der Waals surface area (Å²) >= 11 is 0. The number of nitro benzene ring substituents is 1. The van der Waals surface area contributed by atoms with Crippen LogP contribution in [-0.2, 0) is 21.6 Å². The summed E-state index contributed by atoms with van der Waals surface area (Å²) < 4.78 is 5.19. The van der Waals surface area contributed by atoms with E-state index in [9.17, 15) is 14.9 Å². The summed E-state index contributed by atoms with van der Waals surface area (Å²) in [5.41, 5.74) is 2.75. The largest absolute Gasteiger partial charge is 0.458 e. The Bertz CT molecular complexity index is 786. The zero-order chi connectivity index (χ0) is 18.4. The SMILES string of the molecule is CC(C)(C)c1ccc(COC(=O)/C=C/c2cccc([N+](=O)[O-])c2)cc1. The number of benzene rings is 2. The molecule has 0 aromatic heterocycles.